The number of anilines is 1. The molecule has 10 nitrogen and oxygen atoms in total. The molecule has 0 radical (unpaired) electrons. The van der Waals surface area contributed by atoms with Gasteiger partial charge in [-0.15, -0.1) is 0 Å². The van der Waals surface area contributed by atoms with Gasteiger partial charge in [0.05, 0.1) is 40.1 Å². The Bertz CT molecular complexity index is 1300. The summed E-state index contributed by atoms with van der Waals surface area (Å²) in [5, 5.41) is 15.2. The minimum absolute atomic E-state index is 0.119. The first-order valence-electron chi connectivity index (χ1n) is 10.5. The van der Waals surface area contributed by atoms with Crippen molar-refractivity contribution in [3.8, 4) is 23.0 Å². The van der Waals surface area contributed by atoms with Crippen molar-refractivity contribution < 1.29 is 38.2 Å². The number of carbonyl (C=O) groups is 2. The van der Waals surface area contributed by atoms with Crippen LogP contribution < -0.4 is 23.8 Å². The second-order valence-corrected chi connectivity index (χ2v) is 7.66. The molecule has 0 aliphatic carbocycles. The number of aliphatic hydroxyl groups excluding tert-OH is 1. The number of amides is 1. The van der Waals surface area contributed by atoms with Crippen LogP contribution in [-0.4, -0.2) is 50.4 Å². The number of Topliss-reactive ketones (excluding diaryl/α,β-unsaturated/α-hetero) is 1. The smallest absolute Gasteiger partial charge is 0.301 e. The van der Waals surface area contributed by atoms with E-state index in [1.54, 1.807) is 43.3 Å². The molecule has 0 spiro atoms. The van der Waals surface area contributed by atoms with Crippen molar-refractivity contribution in [3.05, 3.63) is 64.9 Å². The summed E-state index contributed by atoms with van der Waals surface area (Å²) in [6.07, 6.45) is 0. The molecule has 1 N–H and O–H groups in total. The lowest BCUT2D eigenvalue weighted by molar-refractivity contribution is -0.132. The van der Waals surface area contributed by atoms with E-state index in [1.165, 1.54) is 39.4 Å². The number of carbonyl (C=O) groups excluding carboxylic acids is 2. The molecule has 1 aliphatic rings. The van der Waals surface area contributed by atoms with Gasteiger partial charge in [-0.25, -0.2) is 0 Å². The molecule has 3 aromatic rings. The summed E-state index contributed by atoms with van der Waals surface area (Å²) in [7, 11) is 5.86. The number of aliphatic hydroxyl groups is 1. The third-order valence-electron chi connectivity index (χ3n) is 5.65. The maximum Gasteiger partial charge on any atom is 0.301 e. The quantitative estimate of drug-likeness (QED) is 0.307. The lowest BCUT2D eigenvalue weighted by Crippen LogP contribution is -2.29. The van der Waals surface area contributed by atoms with E-state index < -0.39 is 17.7 Å². The number of nitrogens with zero attached hydrogens (tertiary/aromatic N) is 2. The van der Waals surface area contributed by atoms with Crippen molar-refractivity contribution in [2.75, 3.05) is 33.3 Å². The maximum atomic E-state index is 13.3. The van der Waals surface area contributed by atoms with Gasteiger partial charge in [-0.3, -0.25) is 14.5 Å². The average molecular weight is 480 g/mol. The third kappa shape index (κ3) is 4.03. The van der Waals surface area contributed by atoms with Gasteiger partial charge in [-0.1, -0.05) is 17.3 Å². The average Bonchev–Trinajstić information content (AvgIpc) is 3.42. The zero-order chi connectivity index (χ0) is 25.3. The summed E-state index contributed by atoms with van der Waals surface area (Å²) in [6.45, 7) is 1.66. The Morgan fingerprint density at radius 3 is 2.20 bits per heavy atom. The Morgan fingerprint density at radius 1 is 0.971 bits per heavy atom. The predicted octanol–water partition coefficient (Wildman–Crippen LogP) is 3.64. The SMILES string of the molecule is COc1cccc(C(O)=C2C(=O)C(=O)N(c3cc(C)on3)[C@H]2c2cc(OC)c(OC)c(OC)c2)c1. The number of hydrogen-bond donors (Lipinski definition) is 1. The van der Waals surface area contributed by atoms with E-state index in [9.17, 15) is 14.7 Å². The number of hydrogen-bond acceptors (Lipinski definition) is 9. The van der Waals surface area contributed by atoms with Gasteiger partial charge < -0.3 is 28.6 Å². The molecule has 0 bridgehead atoms. The highest BCUT2D eigenvalue weighted by molar-refractivity contribution is 6.51. The highest BCUT2D eigenvalue weighted by Crippen LogP contribution is 2.47. The van der Waals surface area contributed by atoms with E-state index in [1.807, 2.05) is 0 Å². The minimum atomic E-state index is -1.07. The Kier molecular flexibility index (Phi) is 6.37. The van der Waals surface area contributed by atoms with Crippen LogP contribution in [0.2, 0.25) is 0 Å². The first-order chi connectivity index (χ1) is 16.8. The molecule has 182 valence electrons. The number of benzene rings is 2. The van der Waals surface area contributed by atoms with E-state index in [4.69, 9.17) is 23.5 Å². The third-order valence-corrected chi connectivity index (χ3v) is 5.65. The lowest BCUT2D eigenvalue weighted by atomic mass is 9.94. The number of aromatic nitrogens is 1. The highest BCUT2D eigenvalue weighted by atomic mass is 16.5. The van der Waals surface area contributed by atoms with Crippen molar-refractivity contribution in [3.63, 3.8) is 0 Å². The summed E-state index contributed by atoms with van der Waals surface area (Å²) in [6, 6.07) is 10.2. The van der Waals surface area contributed by atoms with Gasteiger partial charge in [-0.05, 0) is 36.8 Å². The molecule has 1 aromatic heterocycles. The van der Waals surface area contributed by atoms with E-state index in [2.05, 4.69) is 5.16 Å². The van der Waals surface area contributed by atoms with Gasteiger partial charge in [0, 0.05) is 11.6 Å². The van der Waals surface area contributed by atoms with Gasteiger partial charge in [0.2, 0.25) is 5.75 Å². The fourth-order valence-corrected chi connectivity index (χ4v) is 4.04. The minimum Gasteiger partial charge on any atom is -0.507 e. The van der Waals surface area contributed by atoms with Crippen LogP contribution in [0.15, 0.2) is 52.6 Å². The molecule has 1 amide bonds. The lowest BCUT2D eigenvalue weighted by Gasteiger charge is -2.24. The summed E-state index contributed by atoms with van der Waals surface area (Å²) < 4.78 is 26.7. The number of methoxy groups -OCH3 is 4. The molecule has 0 unspecified atom stereocenters. The van der Waals surface area contributed by atoms with Crippen LogP contribution in [0.25, 0.3) is 5.76 Å². The zero-order valence-corrected chi connectivity index (χ0v) is 19.8. The van der Waals surface area contributed by atoms with Gasteiger partial charge in [0.25, 0.3) is 5.78 Å². The molecule has 0 saturated carbocycles. The van der Waals surface area contributed by atoms with Gasteiger partial charge in [-0.2, -0.15) is 0 Å². The number of ketones is 1. The Balaban J connectivity index is 2.01. The van der Waals surface area contributed by atoms with Gasteiger partial charge in [0.15, 0.2) is 17.3 Å². The fourth-order valence-electron chi connectivity index (χ4n) is 4.04. The molecule has 1 saturated heterocycles. The Hall–Kier alpha value is -4.47. The van der Waals surface area contributed by atoms with Crippen molar-refractivity contribution in [1.29, 1.82) is 0 Å². The van der Waals surface area contributed by atoms with E-state index in [0.29, 0.717) is 39.9 Å². The molecule has 1 aliphatic heterocycles. The number of ether oxygens (including phenoxy) is 4. The first kappa shape index (κ1) is 23.7. The molecule has 10 heteroatoms. The maximum absolute atomic E-state index is 13.3. The van der Waals surface area contributed by atoms with Gasteiger partial charge in [0.1, 0.15) is 17.3 Å². The number of rotatable bonds is 7. The zero-order valence-electron chi connectivity index (χ0n) is 19.8. The second kappa shape index (κ2) is 9.41. The Labute approximate surface area is 201 Å². The van der Waals surface area contributed by atoms with Gasteiger partial charge >= 0.3 is 5.91 Å². The van der Waals surface area contributed by atoms with E-state index in [0.717, 1.165) is 0 Å². The fraction of sp³-hybridized carbons (Fsp3) is 0.240. The summed E-state index contributed by atoms with van der Waals surface area (Å²) in [5.74, 6) is -0.142. The molecule has 2 aromatic carbocycles. The largest absolute Gasteiger partial charge is 0.507 e. The standard InChI is InChI=1S/C25H24N2O8/c1-13-9-19(26-35-13)27-21(15-11-17(32-3)24(34-5)18(12-15)33-4)20(23(29)25(27)30)22(28)14-7-6-8-16(10-14)31-2/h6-12,21,28H,1-5H3/t21-/m0/s1. The first-order valence-corrected chi connectivity index (χ1v) is 10.5. The van der Waals surface area contributed by atoms with E-state index >= 15 is 0 Å². The van der Waals surface area contributed by atoms with Crippen LogP contribution in [0, 0.1) is 6.92 Å². The van der Waals surface area contributed by atoms with Crippen LogP contribution in [0.1, 0.15) is 22.9 Å². The molecule has 35 heavy (non-hydrogen) atoms. The molecule has 1 atom stereocenters. The van der Waals surface area contributed by atoms with Crippen molar-refractivity contribution >= 4 is 23.3 Å². The topological polar surface area (TPSA) is 121 Å². The molecular formula is C25H24N2O8. The normalized spacial score (nSPS) is 16.9. The second-order valence-electron chi connectivity index (χ2n) is 7.66. The van der Waals surface area contributed by atoms with Crippen LogP contribution in [0.4, 0.5) is 5.82 Å². The monoisotopic (exact) mass is 480 g/mol. The van der Waals surface area contributed by atoms with Crippen molar-refractivity contribution in [2.24, 2.45) is 0 Å². The Morgan fingerprint density at radius 2 is 1.66 bits per heavy atom. The molecule has 2 heterocycles. The summed E-state index contributed by atoms with van der Waals surface area (Å²) in [4.78, 5) is 27.7. The van der Waals surface area contributed by atoms with Crippen LogP contribution in [-0.2, 0) is 9.59 Å². The number of aryl methyl sites for hydroxylation is 1. The van der Waals surface area contributed by atoms with Crippen molar-refractivity contribution in [1.82, 2.24) is 5.16 Å². The summed E-state index contributed by atoms with van der Waals surface area (Å²) in [5.41, 5.74) is 0.582. The summed E-state index contributed by atoms with van der Waals surface area (Å²) >= 11 is 0. The van der Waals surface area contributed by atoms with E-state index in [-0.39, 0.29) is 17.2 Å². The van der Waals surface area contributed by atoms with Crippen LogP contribution in [0.3, 0.4) is 0 Å². The molecule has 4 rings (SSSR count). The van der Waals surface area contributed by atoms with Crippen molar-refractivity contribution in [2.45, 2.75) is 13.0 Å². The van der Waals surface area contributed by atoms with Crippen LogP contribution in [0.5, 0.6) is 23.0 Å². The molecular weight excluding hydrogens is 456 g/mol. The van der Waals surface area contributed by atoms with Crippen LogP contribution >= 0.6 is 0 Å². The predicted molar refractivity (Wildman–Crippen MR) is 125 cm³/mol. The molecule has 1 fully saturated rings. The highest BCUT2D eigenvalue weighted by Gasteiger charge is 2.48.